The number of carbonyl (C=O) groups excluding carboxylic acids is 1. The number of nitrogens with one attached hydrogen (secondary N) is 2. The average Bonchev–Trinajstić information content (AvgIpc) is 2.47. The van der Waals surface area contributed by atoms with Crippen molar-refractivity contribution in [1.82, 2.24) is 15.6 Å². The third kappa shape index (κ3) is 4.10. The molecule has 0 aliphatic heterocycles. The lowest BCUT2D eigenvalue weighted by molar-refractivity contribution is 0.237. The van der Waals surface area contributed by atoms with Crippen molar-refractivity contribution in [3.63, 3.8) is 0 Å². The van der Waals surface area contributed by atoms with E-state index in [2.05, 4.69) is 15.6 Å². The molecular formula is C15H17N3O. The minimum absolute atomic E-state index is 0.114. The fraction of sp³-hybridized carbons (Fsp3) is 0.200. The number of pyridine rings is 1. The van der Waals surface area contributed by atoms with Crippen LogP contribution >= 0.6 is 0 Å². The van der Waals surface area contributed by atoms with Crippen molar-refractivity contribution in [2.75, 3.05) is 0 Å². The molecule has 0 aliphatic rings. The maximum absolute atomic E-state index is 11.8. The van der Waals surface area contributed by atoms with Gasteiger partial charge in [-0.25, -0.2) is 4.79 Å². The summed E-state index contributed by atoms with van der Waals surface area (Å²) in [5.41, 5.74) is 1.92. The standard InChI is InChI=1S/C15H17N3O/c1-12(14-9-5-6-10-16-14)18-15(19)17-11-13-7-3-2-4-8-13/h2-10,12H,11H2,1H3,(H2,17,18,19)/t12-/m0/s1. The number of rotatable bonds is 4. The van der Waals surface area contributed by atoms with Crippen molar-refractivity contribution < 1.29 is 4.79 Å². The van der Waals surface area contributed by atoms with Crippen LogP contribution in [0.4, 0.5) is 4.79 Å². The summed E-state index contributed by atoms with van der Waals surface area (Å²) in [5, 5.41) is 5.68. The van der Waals surface area contributed by atoms with Gasteiger partial charge in [-0.05, 0) is 24.6 Å². The molecule has 2 amide bonds. The van der Waals surface area contributed by atoms with Crippen LogP contribution in [0, 0.1) is 0 Å². The summed E-state index contributed by atoms with van der Waals surface area (Å²) in [6.07, 6.45) is 1.72. The predicted molar refractivity (Wildman–Crippen MR) is 74.5 cm³/mol. The maximum Gasteiger partial charge on any atom is 0.315 e. The van der Waals surface area contributed by atoms with Crippen LogP contribution in [0.15, 0.2) is 54.7 Å². The molecule has 0 aliphatic carbocycles. The lowest BCUT2D eigenvalue weighted by atomic mass is 10.2. The molecule has 1 heterocycles. The molecule has 0 spiro atoms. The summed E-state index contributed by atoms with van der Waals surface area (Å²) in [5.74, 6) is 0. The first-order chi connectivity index (χ1) is 9.25. The molecular weight excluding hydrogens is 238 g/mol. The predicted octanol–water partition coefficient (Wildman–Crippen LogP) is 2.64. The van der Waals surface area contributed by atoms with Gasteiger partial charge in [-0.3, -0.25) is 4.98 Å². The SMILES string of the molecule is C[C@H](NC(=O)NCc1ccccc1)c1ccccn1. The largest absolute Gasteiger partial charge is 0.334 e. The maximum atomic E-state index is 11.8. The van der Waals surface area contributed by atoms with Gasteiger partial charge in [0.15, 0.2) is 0 Å². The Labute approximate surface area is 112 Å². The van der Waals surface area contributed by atoms with Crippen molar-refractivity contribution in [2.24, 2.45) is 0 Å². The minimum atomic E-state index is -0.193. The topological polar surface area (TPSA) is 54.0 Å². The Balaban J connectivity index is 1.82. The van der Waals surface area contributed by atoms with E-state index < -0.39 is 0 Å². The lowest BCUT2D eigenvalue weighted by Crippen LogP contribution is -2.36. The van der Waals surface area contributed by atoms with Crippen molar-refractivity contribution in [3.05, 3.63) is 66.0 Å². The van der Waals surface area contributed by atoms with Crippen molar-refractivity contribution in [2.45, 2.75) is 19.5 Å². The van der Waals surface area contributed by atoms with E-state index in [0.717, 1.165) is 11.3 Å². The number of hydrogen-bond donors (Lipinski definition) is 2. The Morgan fingerprint density at radius 2 is 1.89 bits per heavy atom. The highest BCUT2D eigenvalue weighted by Gasteiger charge is 2.09. The number of urea groups is 1. The first kappa shape index (κ1) is 13.1. The van der Waals surface area contributed by atoms with Gasteiger partial charge < -0.3 is 10.6 Å². The molecule has 2 N–H and O–H groups in total. The van der Waals surface area contributed by atoms with Crippen molar-refractivity contribution in [1.29, 1.82) is 0 Å². The number of nitrogens with zero attached hydrogens (tertiary/aromatic N) is 1. The first-order valence-corrected chi connectivity index (χ1v) is 6.25. The third-order valence-electron chi connectivity index (χ3n) is 2.77. The summed E-state index contributed by atoms with van der Waals surface area (Å²) in [6, 6.07) is 15.1. The van der Waals surface area contributed by atoms with Crippen LogP contribution in [0.2, 0.25) is 0 Å². The molecule has 0 radical (unpaired) electrons. The molecule has 0 saturated heterocycles. The quantitative estimate of drug-likeness (QED) is 0.882. The van der Waals surface area contributed by atoms with Gasteiger partial charge in [-0.1, -0.05) is 36.4 Å². The molecule has 1 aromatic heterocycles. The Kier molecular flexibility index (Phi) is 4.50. The van der Waals surface area contributed by atoms with Crippen LogP contribution in [0.5, 0.6) is 0 Å². The van der Waals surface area contributed by atoms with E-state index in [4.69, 9.17) is 0 Å². The van der Waals surface area contributed by atoms with Crippen LogP contribution in [0.1, 0.15) is 24.2 Å². The number of benzene rings is 1. The zero-order chi connectivity index (χ0) is 13.5. The van der Waals surface area contributed by atoms with Crippen molar-refractivity contribution >= 4 is 6.03 Å². The van der Waals surface area contributed by atoms with Gasteiger partial charge in [-0.15, -0.1) is 0 Å². The normalized spacial score (nSPS) is 11.6. The summed E-state index contributed by atoms with van der Waals surface area (Å²) in [7, 11) is 0. The van der Waals surface area contributed by atoms with Crippen LogP contribution in [-0.4, -0.2) is 11.0 Å². The summed E-state index contributed by atoms with van der Waals surface area (Å²) in [6.45, 7) is 2.42. The molecule has 0 bridgehead atoms. The van der Waals surface area contributed by atoms with Crippen LogP contribution in [0.3, 0.4) is 0 Å². The fourth-order valence-corrected chi connectivity index (χ4v) is 1.73. The highest BCUT2D eigenvalue weighted by atomic mass is 16.2. The molecule has 19 heavy (non-hydrogen) atoms. The lowest BCUT2D eigenvalue weighted by Gasteiger charge is -2.14. The smallest absolute Gasteiger partial charge is 0.315 e. The van der Waals surface area contributed by atoms with E-state index in [1.54, 1.807) is 6.20 Å². The molecule has 1 aromatic carbocycles. The van der Waals surface area contributed by atoms with E-state index in [-0.39, 0.29) is 12.1 Å². The third-order valence-corrected chi connectivity index (χ3v) is 2.77. The Hall–Kier alpha value is -2.36. The van der Waals surface area contributed by atoms with E-state index >= 15 is 0 Å². The molecule has 0 unspecified atom stereocenters. The van der Waals surface area contributed by atoms with Gasteiger partial charge >= 0.3 is 6.03 Å². The second kappa shape index (κ2) is 6.54. The molecule has 4 heteroatoms. The summed E-state index contributed by atoms with van der Waals surface area (Å²) in [4.78, 5) is 16.0. The minimum Gasteiger partial charge on any atom is -0.334 e. The highest BCUT2D eigenvalue weighted by molar-refractivity contribution is 5.74. The van der Waals surface area contributed by atoms with Crippen LogP contribution in [-0.2, 0) is 6.54 Å². The second-order valence-electron chi connectivity index (χ2n) is 4.29. The fourth-order valence-electron chi connectivity index (χ4n) is 1.73. The first-order valence-electron chi connectivity index (χ1n) is 6.25. The van der Waals surface area contributed by atoms with Gasteiger partial charge in [0.2, 0.25) is 0 Å². The number of carbonyl (C=O) groups is 1. The van der Waals surface area contributed by atoms with Gasteiger partial charge in [0.25, 0.3) is 0 Å². The average molecular weight is 255 g/mol. The molecule has 98 valence electrons. The Bertz CT molecular complexity index is 513. The second-order valence-corrected chi connectivity index (χ2v) is 4.29. The van der Waals surface area contributed by atoms with Gasteiger partial charge in [-0.2, -0.15) is 0 Å². The zero-order valence-corrected chi connectivity index (χ0v) is 10.8. The van der Waals surface area contributed by atoms with E-state index in [0.29, 0.717) is 6.54 Å². The Morgan fingerprint density at radius 1 is 1.16 bits per heavy atom. The van der Waals surface area contributed by atoms with E-state index in [1.165, 1.54) is 0 Å². The van der Waals surface area contributed by atoms with E-state index in [1.807, 2.05) is 55.5 Å². The summed E-state index contributed by atoms with van der Waals surface area (Å²) >= 11 is 0. The monoisotopic (exact) mass is 255 g/mol. The molecule has 1 atom stereocenters. The van der Waals surface area contributed by atoms with E-state index in [9.17, 15) is 4.79 Å². The van der Waals surface area contributed by atoms with Gasteiger partial charge in [0.05, 0.1) is 11.7 Å². The molecule has 2 rings (SSSR count). The number of amides is 2. The Morgan fingerprint density at radius 3 is 2.58 bits per heavy atom. The van der Waals surface area contributed by atoms with Gasteiger partial charge in [0, 0.05) is 12.7 Å². The summed E-state index contributed by atoms with van der Waals surface area (Å²) < 4.78 is 0. The molecule has 0 saturated carbocycles. The van der Waals surface area contributed by atoms with Crippen LogP contribution in [0.25, 0.3) is 0 Å². The van der Waals surface area contributed by atoms with Crippen molar-refractivity contribution in [3.8, 4) is 0 Å². The van der Waals surface area contributed by atoms with Crippen LogP contribution < -0.4 is 10.6 Å². The van der Waals surface area contributed by atoms with Gasteiger partial charge in [0.1, 0.15) is 0 Å². The number of aromatic nitrogens is 1. The molecule has 0 fully saturated rings. The highest BCUT2D eigenvalue weighted by Crippen LogP contribution is 2.07. The molecule has 2 aromatic rings. The zero-order valence-electron chi connectivity index (χ0n) is 10.8. The number of hydrogen-bond acceptors (Lipinski definition) is 2. The molecule has 4 nitrogen and oxygen atoms in total.